The van der Waals surface area contributed by atoms with Gasteiger partial charge in [-0.25, -0.2) is 0 Å². The number of piperidine rings is 1. The van der Waals surface area contributed by atoms with Crippen LogP contribution in [0, 0.1) is 0 Å². The quantitative estimate of drug-likeness (QED) is 0.837. The summed E-state index contributed by atoms with van der Waals surface area (Å²) in [6.07, 6.45) is 2.14. The number of hydrogen-bond acceptors (Lipinski definition) is 4. The first-order valence-electron chi connectivity index (χ1n) is 7.44. The minimum absolute atomic E-state index is 0.0655. The molecule has 1 aromatic rings. The highest BCUT2D eigenvalue weighted by Gasteiger charge is 2.16. The molecule has 1 saturated heterocycles. The third kappa shape index (κ3) is 5.02. The lowest BCUT2D eigenvalue weighted by molar-refractivity contribution is -0.128. The summed E-state index contributed by atoms with van der Waals surface area (Å²) in [6, 6.07) is 7.64. The van der Waals surface area contributed by atoms with Crippen molar-refractivity contribution in [1.29, 1.82) is 0 Å². The monoisotopic (exact) mass is 292 g/mol. The summed E-state index contributed by atoms with van der Waals surface area (Å²) in [5.41, 5.74) is 1.02. The van der Waals surface area contributed by atoms with Crippen LogP contribution >= 0.6 is 0 Å². The van der Waals surface area contributed by atoms with Gasteiger partial charge in [-0.1, -0.05) is 12.1 Å². The molecule has 0 spiro atoms. The van der Waals surface area contributed by atoms with E-state index in [-0.39, 0.29) is 24.7 Å². The number of rotatable bonds is 6. The standard InChI is InChI=1S/C16H24N2O3/c1-12(13-4-3-5-15(10-13)20-2)18-16(19)11-21-14-6-8-17-9-7-14/h3-5,10,12,14,17H,6-9,11H2,1-2H3,(H,18,19)/t12-/m1/s1. The van der Waals surface area contributed by atoms with Crippen LogP contribution in [-0.2, 0) is 9.53 Å². The van der Waals surface area contributed by atoms with Gasteiger partial charge in [0.2, 0.25) is 5.91 Å². The molecule has 1 heterocycles. The van der Waals surface area contributed by atoms with Crippen molar-refractivity contribution < 1.29 is 14.3 Å². The molecule has 1 fully saturated rings. The highest BCUT2D eigenvalue weighted by Crippen LogP contribution is 2.18. The van der Waals surface area contributed by atoms with Gasteiger partial charge in [-0.2, -0.15) is 0 Å². The maximum absolute atomic E-state index is 11.9. The fraction of sp³-hybridized carbons (Fsp3) is 0.562. The van der Waals surface area contributed by atoms with Crippen molar-refractivity contribution in [3.63, 3.8) is 0 Å². The van der Waals surface area contributed by atoms with Crippen molar-refractivity contribution in [2.75, 3.05) is 26.8 Å². The van der Waals surface area contributed by atoms with E-state index < -0.39 is 0 Å². The Morgan fingerprint density at radius 1 is 1.43 bits per heavy atom. The zero-order chi connectivity index (χ0) is 15.1. The first-order valence-corrected chi connectivity index (χ1v) is 7.44. The molecule has 0 unspecified atom stereocenters. The smallest absolute Gasteiger partial charge is 0.246 e. The van der Waals surface area contributed by atoms with Crippen LogP contribution in [0.25, 0.3) is 0 Å². The van der Waals surface area contributed by atoms with Gasteiger partial charge >= 0.3 is 0 Å². The van der Waals surface area contributed by atoms with E-state index in [9.17, 15) is 4.79 Å². The third-order valence-electron chi connectivity index (χ3n) is 3.71. The van der Waals surface area contributed by atoms with Crippen molar-refractivity contribution in [2.45, 2.75) is 31.9 Å². The second kappa shape index (κ2) is 8.00. The number of amides is 1. The normalized spacial score (nSPS) is 17.2. The Balaban J connectivity index is 1.78. The molecule has 1 aliphatic rings. The van der Waals surface area contributed by atoms with Gasteiger partial charge in [0.15, 0.2) is 0 Å². The molecule has 5 heteroatoms. The van der Waals surface area contributed by atoms with Gasteiger partial charge < -0.3 is 20.1 Å². The highest BCUT2D eigenvalue weighted by molar-refractivity contribution is 5.77. The first kappa shape index (κ1) is 15.8. The molecule has 1 aliphatic heterocycles. The van der Waals surface area contributed by atoms with Gasteiger partial charge in [-0.05, 0) is 50.6 Å². The second-order valence-electron chi connectivity index (χ2n) is 5.33. The SMILES string of the molecule is COc1cccc([C@@H](C)NC(=O)COC2CCNCC2)c1. The summed E-state index contributed by atoms with van der Waals surface area (Å²) in [5.74, 6) is 0.711. The molecular weight excluding hydrogens is 268 g/mol. The molecule has 0 bridgehead atoms. The van der Waals surface area contributed by atoms with E-state index in [1.165, 1.54) is 0 Å². The van der Waals surface area contributed by atoms with Crippen molar-refractivity contribution in [3.8, 4) is 5.75 Å². The largest absolute Gasteiger partial charge is 0.497 e. The van der Waals surface area contributed by atoms with Gasteiger partial charge in [0, 0.05) is 0 Å². The van der Waals surface area contributed by atoms with E-state index in [1.54, 1.807) is 7.11 Å². The van der Waals surface area contributed by atoms with Crippen molar-refractivity contribution >= 4 is 5.91 Å². The average molecular weight is 292 g/mol. The Kier molecular flexibility index (Phi) is 6.02. The zero-order valence-corrected chi connectivity index (χ0v) is 12.7. The molecule has 21 heavy (non-hydrogen) atoms. The van der Waals surface area contributed by atoms with Gasteiger partial charge in [-0.3, -0.25) is 4.79 Å². The number of carbonyl (C=O) groups is 1. The number of ether oxygens (including phenoxy) is 2. The minimum atomic E-state index is -0.0798. The van der Waals surface area contributed by atoms with Crippen LogP contribution in [-0.4, -0.2) is 38.8 Å². The van der Waals surface area contributed by atoms with Crippen LogP contribution in [0.5, 0.6) is 5.75 Å². The topological polar surface area (TPSA) is 59.6 Å². The lowest BCUT2D eigenvalue weighted by atomic mass is 10.1. The van der Waals surface area contributed by atoms with Gasteiger partial charge in [0.05, 0.1) is 19.3 Å². The third-order valence-corrected chi connectivity index (χ3v) is 3.71. The molecule has 0 aliphatic carbocycles. The second-order valence-corrected chi connectivity index (χ2v) is 5.33. The van der Waals surface area contributed by atoms with Crippen molar-refractivity contribution in [1.82, 2.24) is 10.6 Å². The fourth-order valence-electron chi connectivity index (χ4n) is 2.43. The van der Waals surface area contributed by atoms with Crippen LogP contribution in [0.4, 0.5) is 0 Å². The summed E-state index contributed by atoms with van der Waals surface area (Å²) in [6.45, 7) is 4.01. The van der Waals surface area contributed by atoms with Crippen molar-refractivity contribution in [2.24, 2.45) is 0 Å². The molecule has 0 aromatic heterocycles. The van der Waals surface area contributed by atoms with Crippen LogP contribution < -0.4 is 15.4 Å². The Hall–Kier alpha value is -1.59. The zero-order valence-electron chi connectivity index (χ0n) is 12.7. The lowest BCUT2D eigenvalue weighted by Gasteiger charge is -2.23. The van der Waals surface area contributed by atoms with Gasteiger partial charge in [0.25, 0.3) is 0 Å². The number of hydrogen-bond donors (Lipinski definition) is 2. The minimum Gasteiger partial charge on any atom is -0.497 e. The Morgan fingerprint density at radius 2 is 2.19 bits per heavy atom. The molecule has 0 radical (unpaired) electrons. The molecule has 2 rings (SSSR count). The van der Waals surface area contributed by atoms with E-state index in [1.807, 2.05) is 31.2 Å². The molecule has 116 valence electrons. The van der Waals surface area contributed by atoms with Crippen LogP contribution in [0.1, 0.15) is 31.4 Å². The number of nitrogens with one attached hydrogen (secondary N) is 2. The van der Waals surface area contributed by atoms with Gasteiger partial charge in [0.1, 0.15) is 12.4 Å². The number of benzene rings is 1. The summed E-state index contributed by atoms with van der Waals surface area (Å²) >= 11 is 0. The Labute approximate surface area is 126 Å². The molecule has 1 atom stereocenters. The van der Waals surface area contributed by atoms with E-state index in [0.717, 1.165) is 37.2 Å². The average Bonchev–Trinajstić information content (AvgIpc) is 2.54. The fourth-order valence-corrected chi connectivity index (χ4v) is 2.43. The predicted octanol–water partition coefficient (Wildman–Crippen LogP) is 1.64. The number of methoxy groups -OCH3 is 1. The van der Waals surface area contributed by atoms with E-state index in [2.05, 4.69) is 10.6 Å². The lowest BCUT2D eigenvalue weighted by Crippen LogP contribution is -2.36. The molecular formula is C16H24N2O3. The van der Waals surface area contributed by atoms with E-state index >= 15 is 0 Å². The highest BCUT2D eigenvalue weighted by atomic mass is 16.5. The van der Waals surface area contributed by atoms with Crippen LogP contribution in [0.15, 0.2) is 24.3 Å². The van der Waals surface area contributed by atoms with E-state index in [4.69, 9.17) is 9.47 Å². The van der Waals surface area contributed by atoms with Crippen LogP contribution in [0.2, 0.25) is 0 Å². The van der Waals surface area contributed by atoms with Gasteiger partial charge in [-0.15, -0.1) is 0 Å². The maximum atomic E-state index is 11.9. The summed E-state index contributed by atoms with van der Waals surface area (Å²) in [7, 11) is 1.63. The van der Waals surface area contributed by atoms with E-state index in [0.29, 0.717) is 0 Å². The van der Waals surface area contributed by atoms with Crippen LogP contribution in [0.3, 0.4) is 0 Å². The molecule has 1 aromatic carbocycles. The molecule has 5 nitrogen and oxygen atoms in total. The molecule has 2 N–H and O–H groups in total. The summed E-state index contributed by atoms with van der Waals surface area (Å²) < 4.78 is 10.8. The molecule has 0 saturated carbocycles. The Morgan fingerprint density at radius 3 is 2.90 bits per heavy atom. The first-order chi connectivity index (χ1) is 10.2. The predicted molar refractivity (Wildman–Crippen MR) is 81.4 cm³/mol. The molecule has 1 amide bonds. The van der Waals surface area contributed by atoms with Crippen molar-refractivity contribution in [3.05, 3.63) is 29.8 Å². The Bertz CT molecular complexity index is 459. The summed E-state index contributed by atoms with van der Waals surface area (Å²) in [5, 5.41) is 6.23. The summed E-state index contributed by atoms with van der Waals surface area (Å²) in [4.78, 5) is 11.9. The maximum Gasteiger partial charge on any atom is 0.246 e. The number of carbonyl (C=O) groups excluding carboxylic acids is 1.